The molecule has 1 aromatic carbocycles. The maximum absolute atomic E-state index is 11.9. The van der Waals surface area contributed by atoms with Crippen molar-refractivity contribution in [3.05, 3.63) is 35.7 Å². The molecule has 0 unspecified atom stereocenters. The van der Waals surface area contributed by atoms with Gasteiger partial charge in [-0.3, -0.25) is 4.72 Å². The number of phenols is 1. The smallest absolute Gasteiger partial charge is 0.281 e. The Labute approximate surface area is 109 Å². The van der Waals surface area contributed by atoms with E-state index in [9.17, 15) is 13.5 Å². The van der Waals surface area contributed by atoms with Crippen LogP contribution in [0.15, 0.2) is 35.7 Å². The molecule has 1 aromatic heterocycles. The number of aryl methyl sites for hydroxylation is 1. The van der Waals surface area contributed by atoms with Gasteiger partial charge in [-0.05, 0) is 18.2 Å². The average Bonchev–Trinajstić information content (AvgIpc) is 2.71. The molecule has 2 rings (SSSR count). The molecule has 0 fully saturated rings. The zero-order chi connectivity index (χ0) is 13.3. The molecule has 0 aliphatic carbocycles. The minimum Gasteiger partial charge on any atom is -0.506 e. The number of anilines is 1. The average molecular weight is 288 g/mol. The van der Waals surface area contributed by atoms with Crippen LogP contribution in [0.25, 0.3) is 0 Å². The van der Waals surface area contributed by atoms with E-state index in [1.54, 1.807) is 7.05 Å². The number of hydrogen-bond acceptors (Lipinski definition) is 4. The lowest BCUT2D eigenvalue weighted by Crippen LogP contribution is -2.13. The fraction of sp³-hybridized carbons (Fsp3) is 0.100. The normalized spacial score (nSPS) is 11.4. The number of benzene rings is 1. The summed E-state index contributed by atoms with van der Waals surface area (Å²) in [7, 11) is -2.18. The van der Waals surface area contributed by atoms with Gasteiger partial charge in [0.1, 0.15) is 5.75 Å². The van der Waals surface area contributed by atoms with Crippen LogP contribution >= 0.6 is 11.6 Å². The highest BCUT2D eigenvalue weighted by Crippen LogP contribution is 2.28. The van der Waals surface area contributed by atoms with Crippen molar-refractivity contribution in [1.29, 1.82) is 0 Å². The molecular formula is C10H10ClN3O3S. The lowest BCUT2D eigenvalue weighted by atomic mass is 10.3. The molecular weight excluding hydrogens is 278 g/mol. The summed E-state index contributed by atoms with van der Waals surface area (Å²) in [6.45, 7) is 0. The van der Waals surface area contributed by atoms with Crippen LogP contribution in [0.5, 0.6) is 5.75 Å². The van der Waals surface area contributed by atoms with E-state index < -0.39 is 10.0 Å². The second kappa shape index (κ2) is 4.51. The summed E-state index contributed by atoms with van der Waals surface area (Å²) >= 11 is 5.73. The van der Waals surface area contributed by atoms with Crippen LogP contribution in [0.1, 0.15) is 0 Å². The maximum Gasteiger partial charge on any atom is 0.281 e. The molecule has 18 heavy (non-hydrogen) atoms. The first-order chi connectivity index (χ1) is 8.38. The van der Waals surface area contributed by atoms with Crippen LogP contribution in [-0.2, 0) is 17.1 Å². The van der Waals surface area contributed by atoms with Gasteiger partial charge in [-0.2, -0.15) is 8.42 Å². The van der Waals surface area contributed by atoms with Gasteiger partial charge in [0.05, 0.1) is 12.0 Å². The van der Waals surface area contributed by atoms with Crippen LogP contribution in [0, 0.1) is 0 Å². The van der Waals surface area contributed by atoms with Gasteiger partial charge in [-0.15, -0.1) is 0 Å². The van der Waals surface area contributed by atoms with E-state index in [-0.39, 0.29) is 16.5 Å². The third kappa shape index (κ3) is 2.57. The van der Waals surface area contributed by atoms with E-state index in [1.165, 1.54) is 35.3 Å². The van der Waals surface area contributed by atoms with Gasteiger partial charge >= 0.3 is 0 Å². The third-order valence-corrected chi connectivity index (χ3v) is 3.64. The van der Waals surface area contributed by atoms with E-state index in [4.69, 9.17) is 11.6 Å². The van der Waals surface area contributed by atoms with Crippen LogP contribution < -0.4 is 4.72 Å². The summed E-state index contributed by atoms with van der Waals surface area (Å²) in [6, 6.07) is 4.07. The SMILES string of the molecule is Cn1cnc(S(=O)(=O)Nc2cc(Cl)ccc2O)c1. The number of halogens is 1. The second-order valence-corrected chi connectivity index (χ2v) is 5.71. The molecule has 0 aliphatic rings. The topological polar surface area (TPSA) is 84.2 Å². The molecule has 0 amide bonds. The maximum atomic E-state index is 11.9. The van der Waals surface area contributed by atoms with Crippen molar-refractivity contribution in [3.63, 3.8) is 0 Å². The van der Waals surface area contributed by atoms with Gasteiger partial charge in [-0.1, -0.05) is 11.6 Å². The first-order valence-corrected chi connectivity index (χ1v) is 6.74. The molecule has 6 nitrogen and oxygen atoms in total. The Morgan fingerprint density at radius 3 is 2.78 bits per heavy atom. The molecule has 0 spiro atoms. The molecule has 0 bridgehead atoms. The summed E-state index contributed by atoms with van der Waals surface area (Å²) in [4.78, 5) is 3.73. The first-order valence-electron chi connectivity index (χ1n) is 4.88. The molecule has 8 heteroatoms. The Hall–Kier alpha value is -1.73. The minimum atomic E-state index is -3.83. The van der Waals surface area contributed by atoms with Gasteiger partial charge in [0, 0.05) is 18.3 Å². The first kappa shape index (κ1) is 12.7. The number of imidazole rings is 1. The molecule has 0 saturated carbocycles. The molecule has 2 N–H and O–H groups in total. The van der Waals surface area contributed by atoms with Gasteiger partial charge in [-0.25, -0.2) is 4.98 Å². The largest absolute Gasteiger partial charge is 0.506 e. The van der Waals surface area contributed by atoms with Crippen molar-refractivity contribution in [2.24, 2.45) is 7.05 Å². The number of phenolic OH excluding ortho intramolecular Hbond substituents is 1. The Morgan fingerprint density at radius 1 is 1.44 bits per heavy atom. The number of sulfonamides is 1. The number of aromatic nitrogens is 2. The lowest BCUT2D eigenvalue weighted by Gasteiger charge is -2.07. The van der Waals surface area contributed by atoms with Crippen molar-refractivity contribution < 1.29 is 13.5 Å². The molecule has 0 atom stereocenters. The van der Waals surface area contributed by atoms with Gasteiger partial charge in [0.25, 0.3) is 10.0 Å². The highest BCUT2D eigenvalue weighted by Gasteiger charge is 2.18. The number of hydrogen-bond donors (Lipinski definition) is 2. The molecule has 2 aromatic rings. The van der Waals surface area contributed by atoms with Crippen LogP contribution in [0.2, 0.25) is 5.02 Å². The zero-order valence-corrected chi connectivity index (χ0v) is 10.9. The summed E-state index contributed by atoms with van der Waals surface area (Å²) in [6.07, 6.45) is 2.72. The lowest BCUT2D eigenvalue weighted by molar-refractivity contribution is 0.477. The minimum absolute atomic E-state index is 0.00755. The van der Waals surface area contributed by atoms with Crippen molar-refractivity contribution >= 4 is 27.3 Å². The second-order valence-electron chi connectivity index (χ2n) is 3.64. The Morgan fingerprint density at radius 2 is 2.17 bits per heavy atom. The number of aromatic hydroxyl groups is 1. The predicted octanol–water partition coefficient (Wildman–Crippen LogP) is 1.58. The number of nitrogens with one attached hydrogen (secondary N) is 1. The summed E-state index contributed by atoms with van der Waals surface area (Å²) in [5.41, 5.74) is 0.00755. The number of rotatable bonds is 3. The van der Waals surface area contributed by atoms with Crippen molar-refractivity contribution in [3.8, 4) is 5.75 Å². The van der Waals surface area contributed by atoms with Crippen LogP contribution in [0.3, 0.4) is 0 Å². The summed E-state index contributed by atoms with van der Waals surface area (Å²) < 4.78 is 27.6. The molecule has 0 aliphatic heterocycles. The van der Waals surface area contributed by atoms with E-state index in [0.717, 1.165) is 0 Å². The Kier molecular flexibility index (Phi) is 3.18. The highest BCUT2D eigenvalue weighted by molar-refractivity contribution is 7.92. The summed E-state index contributed by atoms with van der Waals surface area (Å²) in [5.74, 6) is -0.209. The summed E-state index contributed by atoms with van der Waals surface area (Å²) in [5, 5.41) is 9.72. The Bertz CT molecular complexity index is 681. The fourth-order valence-electron chi connectivity index (χ4n) is 1.31. The van der Waals surface area contributed by atoms with Gasteiger partial charge < -0.3 is 9.67 Å². The van der Waals surface area contributed by atoms with E-state index in [1.807, 2.05) is 0 Å². The highest BCUT2D eigenvalue weighted by atomic mass is 35.5. The fourth-order valence-corrected chi connectivity index (χ4v) is 2.54. The van der Waals surface area contributed by atoms with Crippen molar-refractivity contribution in [2.45, 2.75) is 5.03 Å². The van der Waals surface area contributed by atoms with Crippen LogP contribution in [-0.4, -0.2) is 23.1 Å². The van der Waals surface area contributed by atoms with E-state index in [0.29, 0.717) is 5.02 Å². The molecule has 96 valence electrons. The Balaban J connectivity index is 2.36. The standard InChI is InChI=1S/C10H10ClN3O3S/c1-14-5-10(12-6-14)18(16,17)13-8-4-7(11)2-3-9(8)15/h2-6,13,15H,1H3. The third-order valence-electron chi connectivity index (χ3n) is 2.16. The van der Waals surface area contributed by atoms with Gasteiger partial charge in [0.2, 0.25) is 0 Å². The van der Waals surface area contributed by atoms with Crippen molar-refractivity contribution in [2.75, 3.05) is 4.72 Å². The molecule has 1 heterocycles. The molecule has 0 radical (unpaired) electrons. The van der Waals surface area contributed by atoms with E-state index >= 15 is 0 Å². The number of nitrogens with zero attached hydrogens (tertiary/aromatic N) is 2. The molecule has 0 saturated heterocycles. The quantitative estimate of drug-likeness (QED) is 0.840. The van der Waals surface area contributed by atoms with E-state index in [2.05, 4.69) is 9.71 Å². The predicted molar refractivity (Wildman–Crippen MR) is 67.1 cm³/mol. The van der Waals surface area contributed by atoms with Crippen LogP contribution in [0.4, 0.5) is 5.69 Å². The zero-order valence-electron chi connectivity index (χ0n) is 9.33. The monoisotopic (exact) mass is 287 g/mol. The van der Waals surface area contributed by atoms with Gasteiger partial charge in [0.15, 0.2) is 5.03 Å². The van der Waals surface area contributed by atoms with Crippen molar-refractivity contribution in [1.82, 2.24) is 9.55 Å².